The predicted octanol–water partition coefficient (Wildman–Crippen LogP) is 2.96. The van der Waals surface area contributed by atoms with E-state index in [2.05, 4.69) is 0 Å². The molecule has 0 aliphatic carbocycles. The summed E-state index contributed by atoms with van der Waals surface area (Å²) in [6.45, 7) is 5.93. The van der Waals surface area contributed by atoms with E-state index >= 15 is 0 Å². The Labute approximate surface area is 118 Å². The lowest BCUT2D eigenvalue weighted by Gasteiger charge is -2.34. The predicted molar refractivity (Wildman–Crippen MR) is 76.7 cm³/mol. The number of amides is 1. The Morgan fingerprint density at radius 2 is 2.16 bits per heavy atom. The Hall–Kier alpha value is -1.26. The Kier molecular flexibility index (Phi) is 3.74. The Morgan fingerprint density at radius 1 is 1.47 bits per heavy atom. The highest BCUT2D eigenvalue weighted by Gasteiger charge is 2.31. The Bertz CT molecular complexity index is 497. The smallest absolute Gasteiger partial charge is 0.414 e. The normalized spacial score (nSPS) is 19.0. The number of carbonyl (C=O) groups excluding carboxylic acids is 1. The average Bonchev–Trinajstić information content (AvgIpc) is 2.25. The zero-order valence-electron chi connectivity index (χ0n) is 11.4. The van der Waals surface area contributed by atoms with Crippen molar-refractivity contribution in [3.05, 3.63) is 28.8 Å². The first-order valence-electron chi connectivity index (χ1n) is 6.31. The van der Waals surface area contributed by atoms with Crippen molar-refractivity contribution in [2.45, 2.75) is 38.8 Å². The van der Waals surface area contributed by atoms with E-state index in [1.807, 2.05) is 32.9 Å². The van der Waals surface area contributed by atoms with Gasteiger partial charge in [-0.2, -0.15) is 0 Å². The van der Waals surface area contributed by atoms with E-state index in [9.17, 15) is 4.79 Å². The summed E-state index contributed by atoms with van der Waals surface area (Å²) < 4.78 is 5.41. The second kappa shape index (κ2) is 5.02. The van der Waals surface area contributed by atoms with Crippen LogP contribution < -0.4 is 10.6 Å². The van der Waals surface area contributed by atoms with Crippen LogP contribution in [0.15, 0.2) is 18.2 Å². The lowest BCUT2D eigenvalue weighted by atomic mass is 9.99. The maximum atomic E-state index is 12.3. The van der Waals surface area contributed by atoms with Gasteiger partial charge in [0.15, 0.2) is 0 Å². The van der Waals surface area contributed by atoms with E-state index in [1.54, 1.807) is 6.07 Å². The number of halogens is 1. The van der Waals surface area contributed by atoms with E-state index < -0.39 is 11.7 Å². The van der Waals surface area contributed by atoms with E-state index in [1.165, 1.54) is 4.90 Å². The number of nitrogens with two attached hydrogens (primary N) is 1. The molecule has 0 spiro atoms. The third-order valence-corrected chi connectivity index (χ3v) is 3.16. The molecule has 0 bridgehead atoms. The molecule has 1 amide bonds. The van der Waals surface area contributed by atoms with Crippen LogP contribution in [0.25, 0.3) is 0 Å². The minimum atomic E-state index is -0.542. The molecule has 19 heavy (non-hydrogen) atoms. The Morgan fingerprint density at radius 3 is 2.79 bits per heavy atom. The van der Waals surface area contributed by atoms with Gasteiger partial charge in [0.05, 0.1) is 10.7 Å². The zero-order chi connectivity index (χ0) is 14.2. The number of ether oxygens (including phenoxy) is 1. The van der Waals surface area contributed by atoms with Crippen LogP contribution in [0, 0.1) is 0 Å². The molecule has 2 N–H and O–H groups in total. The maximum Gasteiger partial charge on any atom is 0.414 e. The molecule has 1 aromatic rings. The lowest BCUT2D eigenvalue weighted by molar-refractivity contribution is 0.0575. The summed E-state index contributed by atoms with van der Waals surface area (Å²) in [5.41, 5.74) is 7.16. The van der Waals surface area contributed by atoms with Crippen LogP contribution in [0.5, 0.6) is 0 Å². The van der Waals surface area contributed by atoms with Crippen molar-refractivity contribution in [3.8, 4) is 0 Å². The second-order valence-corrected chi connectivity index (χ2v) is 6.21. The summed E-state index contributed by atoms with van der Waals surface area (Å²) in [4.78, 5) is 13.8. The molecule has 2 rings (SSSR count). The van der Waals surface area contributed by atoms with Crippen molar-refractivity contribution in [2.24, 2.45) is 5.73 Å². The van der Waals surface area contributed by atoms with E-state index in [0.717, 1.165) is 17.7 Å². The van der Waals surface area contributed by atoms with E-state index in [-0.39, 0.29) is 6.04 Å². The van der Waals surface area contributed by atoms with Crippen LogP contribution in [-0.4, -0.2) is 24.3 Å². The van der Waals surface area contributed by atoms with Crippen LogP contribution in [0.4, 0.5) is 10.5 Å². The molecule has 5 heteroatoms. The topological polar surface area (TPSA) is 55.6 Å². The largest absolute Gasteiger partial charge is 0.443 e. The van der Waals surface area contributed by atoms with Gasteiger partial charge in [-0.15, -0.1) is 0 Å². The van der Waals surface area contributed by atoms with Crippen LogP contribution in [0.1, 0.15) is 26.3 Å². The summed E-state index contributed by atoms with van der Waals surface area (Å²) in [7, 11) is 0. The van der Waals surface area contributed by atoms with Crippen LogP contribution in [0.3, 0.4) is 0 Å². The number of nitrogens with zero attached hydrogens (tertiary/aromatic N) is 1. The van der Waals surface area contributed by atoms with Crippen molar-refractivity contribution in [2.75, 3.05) is 11.4 Å². The molecule has 0 saturated carbocycles. The minimum Gasteiger partial charge on any atom is -0.443 e. The van der Waals surface area contributed by atoms with Gasteiger partial charge in [0.1, 0.15) is 5.60 Å². The van der Waals surface area contributed by atoms with Gasteiger partial charge in [-0.05, 0) is 38.8 Å². The molecular formula is C14H19ClN2O2. The van der Waals surface area contributed by atoms with Gasteiger partial charge < -0.3 is 10.5 Å². The minimum absolute atomic E-state index is 0.0986. The quantitative estimate of drug-likeness (QED) is 0.796. The summed E-state index contributed by atoms with van der Waals surface area (Å²) in [5.74, 6) is 0. The first kappa shape index (κ1) is 14.2. The molecule has 1 atom stereocenters. The number of rotatable bonds is 0. The molecule has 1 aromatic carbocycles. The van der Waals surface area contributed by atoms with Gasteiger partial charge in [-0.1, -0.05) is 23.7 Å². The average molecular weight is 283 g/mol. The molecule has 4 nitrogen and oxygen atoms in total. The molecular weight excluding hydrogens is 264 g/mol. The molecule has 1 unspecified atom stereocenters. The molecule has 104 valence electrons. The monoisotopic (exact) mass is 282 g/mol. The van der Waals surface area contributed by atoms with Crippen molar-refractivity contribution in [3.63, 3.8) is 0 Å². The van der Waals surface area contributed by atoms with Crippen molar-refractivity contribution in [1.29, 1.82) is 0 Å². The third-order valence-electron chi connectivity index (χ3n) is 2.85. The molecule has 1 aliphatic rings. The van der Waals surface area contributed by atoms with Gasteiger partial charge in [0, 0.05) is 12.6 Å². The highest BCUT2D eigenvalue weighted by Crippen LogP contribution is 2.34. The van der Waals surface area contributed by atoms with Crippen molar-refractivity contribution < 1.29 is 9.53 Å². The van der Waals surface area contributed by atoms with Crippen LogP contribution in [0.2, 0.25) is 5.02 Å². The molecule has 1 heterocycles. The van der Waals surface area contributed by atoms with Gasteiger partial charge >= 0.3 is 6.09 Å². The summed E-state index contributed by atoms with van der Waals surface area (Å²) in [6, 6.07) is 5.48. The van der Waals surface area contributed by atoms with Gasteiger partial charge in [0.2, 0.25) is 0 Å². The SMILES string of the molecule is CC(C)(C)OC(=O)N1CC(N)Cc2cccc(Cl)c21. The first-order chi connectivity index (χ1) is 8.78. The summed E-state index contributed by atoms with van der Waals surface area (Å²) in [6.07, 6.45) is 0.312. The highest BCUT2D eigenvalue weighted by molar-refractivity contribution is 6.34. The van der Waals surface area contributed by atoms with Gasteiger partial charge in [-0.25, -0.2) is 4.79 Å². The highest BCUT2D eigenvalue weighted by atomic mass is 35.5. The standard InChI is InChI=1S/C14H19ClN2O2/c1-14(2,3)19-13(18)17-8-10(16)7-9-5-4-6-11(15)12(9)17/h4-6,10H,7-8,16H2,1-3H3. The fourth-order valence-electron chi connectivity index (χ4n) is 2.18. The maximum absolute atomic E-state index is 12.3. The molecule has 1 aliphatic heterocycles. The number of hydrogen-bond acceptors (Lipinski definition) is 3. The third kappa shape index (κ3) is 3.19. The number of carbonyl (C=O) groups is 1. The molecule has 0 aromatic heterocycles. The molecule has 0 fully saturated rings. The summed E-state index contributed by atoms with van der Waals surface area (Å²) >= 11 is 6.21. The first-order valence-corrected chi connectivity index (χ1v) is 6.69. The molecule has 0 saturated heterocycles. The van der Waals surface area contributed by atoms with E-state index in [4.69, 9.17) is 22.1 Å². The Balaban J connectivity index is 2.35. The van der Waals surface area contributed by atoms with Crippen LogP contribution >= 0.6 is 11.6 Å². The van der Waals surface area contributed by atoms with Crippen LogP contribution in [-0.2, 0) is 11.2 Å². The van der Waals surface area contributed by atoms with Crippen molar-refractivity contribution >= 4 is 23.4 Å². The lowest BCUT2D eigenvalue weighted by Crippen LogP contribution is -2.48. The second-order valence-electron chi connectivity index (χ2n) is 5.80. The number of para-hydroxylation sites is 1. The number of anilines is 1. The number of benzene rings is 1. The fraction of sp³-hybridized carbons (Fsp3) is 0.500. The molecule has 0 radical (unpaired) electrons. The summed E-state index contributed by atoms with van der Waals surface area (Å²) in [5, 5.41) is 0.551. The van der Waals surface area contributed by atoms with Crippen molar-refractivity contribution in [1.82, 2.24) is 0 Å². The number of fused-ring (bicyclic) bond motifs is 1. The number of hydrogen-bond donors (Lipinski definition) is 1. The fourth-order valence-corrected chi connectivity index (χ4v) is 2.48. The van der Waals surface area contributed by atoms with Gasteiger partial charge in [0.25, 0.3) is 0 Å². The van der Waals surface area contributed by atoms with Gasteiger partial charge in [-0.3, -0.25) is 4.90 Å². The van der Waals surface area contributed by atoms with E-state index in [0.29, 0.717) is 11.6 Å². The zero-order valence-corrected chi connectivity index (χ0v) is 12.2.